The number of thiocarbonyl (C=S) groups is 1. The molecule has 0 aliphatic carbocycles. The molecule has 2 rings (SSSR count). The van der Waals surface area contributed by atoms with Crippen molar-refractivity contribution in [2.75, 3.05) is 0 Å². The Bertz CT molecular complexity index is 436. The summed E-state index contributed by atoms with van der Waals surface area (Å²) in [6.07, 6.45) is 0. The highest BCUT2D eigenvalue weighted by Crippen LogP contribution is 2.09. The van der Waals surface area contributed by atoms with Gasteiger partial charge in [-0.2, -0.15) is 0 Å². The van der Waals surface area contributed by atoms with Crippen molar-refractivity contribution in [1.29, 1.82) is 0 Å². The molecule has 0 amide bonds. The van der Waals surface area contributed by atoms with Crippen molar-refractivity contribution in [3.05, 3.63) is 33.4 Å². The lowest BCUT2D eigenvalue weighted by Crippen LogP contribution is -2.21. The van der Waals surface area contributed by atoms with Crippen LogP contribution in [0.1, 0.15) is 5.56 Å². The van der Waals surface area contributed by atoms with Crippen LogP contribution in [-0.2, 0) is 0 Å². The van der Waals surface area contributed by atoms with Crippen molar-refractivity contribution in [3.63, 3.8) is 0 Å². The monoisotopic (exact) mass is 196 g/mol. The first-order valence-corrected chi connectivity index (χ1v) is 4.23. The molecule has 1 aliphatic rings. The minimum absolute atomic E-state index is 0.381. The molecule has 1 aliphatic heterocycles. The lowest BCUT2D eigenvalue weighted by atomic mass is 10.2. The van der Waals surface area contributed by atoms with Crippen LogP contribution < -0.4 is 10.7 Å². The van der Waals surface area contributed by atoms with E-state index < -0.39 is 0 Å². The molecule has 0 saturated heterocycles. The molecule has 0 fully saturated rings. The molecule has 2 nitrogen and oxygen atoms in total. The van der Waals surface area contributed by atoms with Gasteiger partial charge in [0.2, 0.25) is 5.11 Å². The lowest BCUT2D eigenvalue weighted by molar-refractivity contribution is 1.32. The van der Waals surface area contributed by atoms with Gasteiger partial charge in [-0.25, -0.2) is 9.98 Å². The van der Waals surface area contributed by atoms with Gasteiger partial charge >= 0.3 is 0 Å². The van der Waals surface area contributed by atoms with E-state index in [2.05, 4.69) is 9.98 Å². The fraction of sp³-hybridized carbons (Fsp3) is 0.125. The van der Waals surface area contributed by atoms with Crippen molar-refractivity contribution in [2.24, 2.45) is 9.98 Å². The van der Waals surface area contributed by atoms with Crippen LogP contribution in [0.3, 0.4) is 0 Å². The van der Waals surface area contributed by atoms with Gasteiger partial charge in [0, 0.05) is 5.02 Å². The van der Waals surface area contributed by atoms with Crippen LogP contribution in [0.4, 0.5) is 0 Å². The highest BCUT2D eigenvalue weighted by atomic mass is 35.5. The van der Waals surface area contributed by atoms with Crippen molar-refractivity contribution in [2.45, 2.75) is 6.92 Å². The van der Waals surface area contributed by atoms with Gasteiger partial charge in [0.05, 0.1) is 10.7 Å². The molecular formula is C8H5ClN2S. The third-order valence-electron chi connectivity index (χ3n) is 1.69. The van der Waals surface area contributed by atoms with Crippen LogP contribution in [0.15, 0.2) is 22.1 Å². The summed E-state index contributed by atoms with van der Waals surface area (Å²) in [5.41, 5.74) is 0.999. The summed E-state index contributed by atoms with van der Waals surface area (Å²) >= 11 is 10.7. The van der Waals surface area contributed by atoms with E-state index in [-0.39, 0.29) is 0 Å². The van der Waals surface area contributed by atoms with Crippen LogP contribution in [0.25, 0.3) is 0 Å². The zero-order chi connectivity index (χ0) is 8.72. The molecule has 0 aromatic heterocycles. The predicted molar refractivity (Wildman–Crippen MR) is 51.1 cm³/mol. The smallest absolute Gasteiger partial charge is 0.217 e. The van der Waals surface area contributed by atoms with Crippen LogP contribution >= 0.6 is 23.8 Å². The Hall–Kier alpha value is -0.800. The van der Waals surface area contributed by atoms with Gasteiger partial charge in [0.1, 0.15) is 0 Å². The number of hydrogen-bond donors (Lipinski definition) is 0. The molecule has 0 saturated carbocycles. The number of halogens is 1. The van der Waals surface area contributed by atoms with Gasteiger partial charge in [-0.05, 0) is 36.8 Å². The normalized spacial score (nSPS) is 13.7. The van der Waals surface area contributed by atoms with E-state index in [0.29, 0.717) is 10.1 Å². The number of hydrogen-bond acceptors (Lipinski definition) is 1. The predicted octanol–water partition coefficient (Wildman–Crippen LogP) is 1.19. The highest BCUT2D eigenvalue weighted by Gasteiger charge is 2.03. The SMILES string of the molecule is Cc1cc2c(cc1Cl)=NC(=S)N=2. The Morgan fingerprint density at radius 3 is 2.50 bits per heavy atom. The van der Waals surface area contributed by atoms with E-state index in [1.54, 1.807) is 6.07 Å². The van der Waals surface area contributed by atoms with Gasteiger partial charge in [-0.1, -0.05) is 11.6 Å². The molecule has 4 heteroatoms. The fourth-order valence-corrected chi connectivity index (χ4v) is 1.42. The first-order chi connectivity index (χ1) is 5.66. The molecule has 0 radical (unpaired) electrons. The van der Waals surface area contributed by atoms with Crippen molar-refractivity contribution in [1.82, 2.24) is 0 Å². The van der Waals surface area contributed by atoms with E-state index in [1.165, 1.54) is 0 Å². The molecule has 0 unspecified atom stereocenters. The minimum Gasteiger partial charge on any atom is -0.217 e. The summed E-state index contributed by atoms with van der Waals surface area (Å²) in [5, 5.41) is 2.68. The van der Waals surface area contributed by atoms with Gasteiger partial charge in [0.25, 0.3) is 0 Å². The maximum atomic E-state index is 5.90. The first kappa shape index (κ1) is 7.83. The van der Waals surface area contributed by atoms with E-state index in [0.717, 1.165) is 16.3 Å². The molecular weight excluding hydrogens is 192 g/mol. The second-order valence-electron chi connectivity index (χ2n) is 2.60. The zero-order valence-corrected chi connectivity index (χ0v) is 7.91. The number of rotatable bonds is 0. The average molecular weight is 197 g/mol. The molecule has 1 aromatic rings. The van der Waals surface area contributed by atoms with E-state index >= 15 is 0 Å². The van der Waals surface area contributed by atoms with Crippen molar-refractivity contribution in [3.8, 4) is 0 Å². The second-order valence-corrected chi connectivity index (χ2v) is 3.37. The van der Waals surface area contributed by atoms with E-state index in [1.807, 2.05) is 13.0 Å². The van der Waals surface area contributed by atoms with Crippen LogP contribution in [-0.4, -0.2) is 5.11 Å². The highest BCUT2D eigenvalue weighted by molar-refractivity contribution is 7.80. The minimum atomic E-state index is 0.381. The first-order valence-electron chi connectivity index (χ1n) is 3.44. The number of nitrogens with zero attached hydrogens (tertiary/aromatic N) is 2. The Kier molecular flexibility index (Phi) is 1.70. The molecule has 1 aromatic carbocycles. The Balaban J connectivity index is 2.89. The molecule has 1 heterocycles. The Morgan fingerprint density at radius 2 is 1.83 bits per heavy atom. The quantitative estimate of drug-likeness (QED) is 0.572. The largest absolute Gasteiger partial charge is 0.220 e. The van der Waals surface area contributed by atoms with Gasteiger partial charge in [0.15, 0.2) is 0 Å². The standard InChI is InChI=1S/C8H5ClN2S/c1-4-2-6-7(3-5(4)9)11-8(12)10-6/h2-3H,1H3. The topological polar surface area (TPSA) is 24.7 Å². The molecule has 0 N–H and O–H groups in total. The van der Waals surface area contributed by atoms with Crippen LogP contribution in [0, 0.1) is 6.92 Å². The zero-order valence-electron chi connectivity index (χ0n) is 6.34. The van der Waals surface area contributed by atoms with Crippen molar-refractivity contribution >= 4 is 28.9 Å². The third kappa shape index (κ3) is 1.15. The maximum Gasteiger partial charge on any atom is 0.220 e. The molecule has 12 heavy (non-hydrogen) atoms. The molecule has 0 bridgehead atoms. The fourth-order valence-electron chi connectivity index (χ4n) is 1.07. The summed E-state index contributed by atoms with van der Waals surface area (Å²) in [4.78, 5) is 8.09. The summed E-state index contributed by atoms with van der Waals surface area (Å²) in [5.74, 6) is 0. The summed E-state index contributed by atoms with van der Waals surface area (Å²) in [7, 11) is 0. The molecule has 60 valence electrons. The maximum absolute atomic E-state index is 5.90. The summed E-state index contributed by atoms with van der Waals surface area (Å²) in [6, 6.07) is 3.68. The van der Waals surface area contributed by atoms with Crippen LogP contribution in [0.2, 0.25) is 5.02 Å². The van der Waals surface area contributed by atoms with Gasteiger partial charge in [-0.15, -0.1) is 0 Å². The average Bonchev–Trinajstić information content (AvgIpc) is 2.30. The van der Waals surface area contributed by atoms with Crippen LogP contribution in [0.5, 0.6) is 0 Å². The van der Waals surface area contributed by atoms with E-state index in [9.17, 15) is 0 Å². The Labute approximate surface area is 79.6 Å². The number of aryl methyl sites for hydroxylation is 1. The summed E-state index contributed by atoms with van der Waals surface area (Å²) < 4.78 is 0. The molecule has 0 spiro atoms. The second kappa shape index (κ2) is 2.61. The van der Waals surface area contributed by atoms with Gasteiger partial charge in [-0.3, -0.25) is 0 Å². The lowest BCUT2D eigenvalue weighted by Gasteiger charge is -1.92. The molecule has 0 atom stereocenters. The van der Waals surface area contributed by atoms with Gasteiger partial charge < -0.3 is 0 Å². The van der Waals surface area contributed by atoms with E-state index in [4.69, 9.17) is 23.8 Å². The van der Waals surface area contributed by atoms with Crippen molar-refractivity contribution < 1.29 is 0 Å². The number of benzene rings is 1. The Morgan fingerprint density at radius 1 is 1.25 bits per heavy atom. The number of fused-ring (bicyclic) bond motifs is 1. The summed E-state index contributed by atoms with van der Waals surface area (Å²) in [6.45, 7) is 1.93. The third-order valence-corrected chi connectivity index (χ3v) is 2.28.